The Hall–Kier alpha value is -2.67. The van der Waals surface area contributed by atoms with Gasteiger partial charge in [-0.2, -0.15) is 11.3 Å². The third-order valence-electron chi connectivity index (χ3n) is 4.85. The van der Waals surface area contributed by atoms with Gasteiger partial charge in [-0.1, -0.05) is 13.0 Å². The van der Waals surface area contributed by atoms with Gasteiger partial charge in [0.05, 0.1) is 5.56 Å². The van der Waals surface area contributed by atoms with Gasteiger partial charge < -0.3 is 15.1 Å². The molecule has 0 spiro atoms. The molecular weight excluding hydrogens is 374 g/mol. The minimum Gasteiger partial charge on any atom is -0.347 e. The Morgan fingerprint density at radius 2 is 2.00 bits per heavy atom. The summed E-state index contributed by atoms with van der Waals surface area (Å²) in [4.78, 5) is 40.9. The third kappa shape index (κ3) is 4.25. The van der Waals surface area contributed by atoms with Crippen molar-refractivity contribution >= 4 is 34.7 Å². The van der Waals surface area contributed by atoms with E-state index >= 15 is 0 Å². The first-order valence-corrected chi connectivity index (χ1v) is 10.3. The Morgan fingerprint density at radius 3 is 2.64 bits per heavy atom. The summed E-state index contributed by atoms with van der Waals surface area (Å²) in [6.45, 7) is 2.30. The van der Waals surface area contributed by atoms with Gasteiger partial charge >= 0.3 is 0 Å². The topological polar surface area (TPSA) is 69.7 Å². The molecule has 2 heterocycles. The summed E-state index contributed by atoms with van der Waals surface area (Å²) in [6.07, 6.45) is 1.72. The number of likely N-dealkylation sites (N-methyl/N-ethyl adjacent to an activating group) is 1. The number of carbonyl (C=O) groups excluding carboxylic acids is 3. The molecule has 0 bridgehead atoms. The average Bonchev–Trinajstić information content (AvgIpc) is 3.20. The summed E-state index contributed by atoms with van der Waals surface area (Å²) < 4.78 is 0. The van der Waals surface area contributed by atoms with Crippen molar-refractivity contribution in [3.63, 3.8) is 0 Å². The van der Waals surface area contributed by atoms with Crippen LogP contribution in [0.25, 0.3) is 0 Å². The summed E-state index contributed by atoms with van der Waals surface area (Å²) >= 11 is 1.46. The number of carbonyl (C=O) groups is 3. The zero-order chi connectivity index (χ0) is 20.3. The van der Waals surface area contributed by atoms with E-state index in [-0.39, 0.29) is 17.7 Å². The standard InChI is InChI=1S/C21H25N3O3S/c1-4-5-19(25)22-17-7-6-14-11-18(21(27)23(2)3)24(12-16(14)10-17)20(26)15-8-9-28-13-15/h6-10,13,18H,4-5,11-12H2,1-3H3,(H,22,25)/t18-/m1/s1. The van der Waals surface area contributed by atoms with Crippen LogP contribution < -0.4 is 5.32 Å². The summed E-state index contributed by atoms with van der Waals surface area (Å²) in [5.41, 5.74) is 3.30. The molecule has 6 nitrogen and oxygen atoms in total. The molecule has 2 aromatic rings. The van der Waals surface area contributed by atoms with Gasteiger partial charge in [-0.25, -0.2) is 0 Å². The van der Waals surface area contributed by atoms with E-state index < -0.39 is 6.04 Å². The monoisotopic (exact) mass is 399 g/mol. The quantitative estimate of drug-likeness (QED) is 0.840. The Balaban J connectivity index is 1.90. The van der Waals surface area contributed by atoms with E-state index in [1.165, 1.54) is 16.2 Å². The molecule has 1 aromatic carbocycles. The fraction of sp³-hybridized carbons (Fsp3) is 0.381. The van der Waals surface area contributed by atoms with Gasteiger partial charge in [0.2, 0.25) is 11.8 Å². The second-order valence-corrected chi connectivity index (χ2v) is 7.96. The number of anilines is 1. The van der Waals surface area contributed by atoms with Crippen molar-refractivity contribution in [2.75, 3.05) is 19.4 Å². The number of hydrogen-bond donors (Lipinski definition) is 1. The molecule has 0 unspecified atom stereocenters. The molecule has 0 fully saturated rings. The summed E-state index contributed by atoms with van der Waals surface area (Å²) in [5.74, 6) is -0.257. The molecule has 0 aliphatic carbocycles. The summed E-state index contributed by atoms with van der Waals surface area (Å²) in [7, 11) is 3.41. The van der Waals surface area contributed by atoms with Crippen LogP contribution in [0, 0.1) is 0 Å². The van der Waals surface area contributed by atoms with Gasteiger partial charge in [0, 0.05) is 44.5 Å². The Labute approximate surface area is 169 Å². The molecule has 1 atom stereocenters. The van der Waals surface area contributed by atoms with Gasteiger partial charge in [-0.05, 0) is 41.1 Å². The lowest BCUT2D eigenvalue weighted by molar-refractivity contribution is -0.134. The first-order chi connectivity index (χ1) is 13.4. The van der Waals surface area contributed by atoms with Crippen LogP contribution >= 0.6 is 11.3 Å². The van der Waals surface area contributed by atoms with Crippen LogP contribution in [0.3, 0.4) is 0 Å². The molecule has 1 aliphatic rings. The second-order valence-electron chi connectivity index (χ2n) is 7.18. The van der Waals surface area contributed by atoms with Crippen molar-refractivity contribution in [3.8, 4) is 0 Å². The molecule has 3 rings (SSSR count). The molecule has 1 N–H and O–H groups in total. The maximum absolute atomic E-state index is 13.0. The molecule has 3 amide bonds. The second kappa shape index (κ2) is 8.56. The van der Waals surface area contributed by atoms with Crippen LogP contribution in [-0.4, -0.2) is 47.7 Å². The van der Waals surface area contributed by atoms with Crippen molar-refractivity contribution in [3.05, 3.63) is 51.7 Å². The van der Waals surface area contributed by atoms with E-state index in [4.69, 9.17) is 0 Å². The van der Waals surface area contributed by atoms with Gasteiger partial charge in [-0.15, -0.1) is 0 Å². The Kier molecular flexibility index (Phi) is 6.14. The molecule has 1 aliphatic heterocycles. The van der Waals surface area contributed by atoms with Crippen LogP contribution in [0.2, 0.25) is 0 Å². The zero-order valence-electron chi connectivity index (χ0n) is 16.4. The molecule has 148 valence electrons. The van der Waals surface area contributed by atoms with Gasteiger partial charge in [0.1, 0.15) is 6.04 Å². The largest absolute Gasteiger partial charge is 0.347 e. The SMILES string of the molecule is CCCC(=O)Nc1ccc2c(c1)CN(C(=O)c1ccsc1)[C@@H](C(=O)N(C)C)C2. The zero-order valence-corrected chi connectivity index (χ0v) is 17.2. The highest BCUT2D eigenvalue weighted by Gasteiger charge is 2.36. The third-order valence-corrected chi connectivity index (χ3v) is 5.54. The van der Waals surface area contributed by atoms with Crippen molar-refractivity contribution in [1.82, 2.24) is 9.80 Å². The van der Waals surface area contributed by atoms with Crippen LogP contribution in [-0.2, 0) is 22.6 Å². The van der Waals surface area contributed by atoms with Crippen LogP contribution in [0.15, 0.2) is 35.0 Å². The number of benzene rings is 1. The molecule has 28 heavy (non-hydrogen) atoms. The highest BCUT2D eigenvalue weighted by molar-refractivity contribution is 7.08. The highest BCUT2D eigenvalue weighted by Crippen LogP contribution is 2.28. The van der Waals surface area contributed by atoms with Crippen molar-refractivity contribution in [1.29, 1.82) is 0 Å². The minimum absolute atomic E-state index is 0.0230. The van der Waals surface area contributed by atoms with E-state index in [0.29, 0.717) is 24.9 Å². The normalized spacial score (nSPS) is 15.7. The van der Waals surface area contributed by atoms with Crippen LogP contribution in [0.5, 0.6) is 0 Å². The average molecular weight is 400 g/mol. The van der Waals surface area contributed by atoms with Crippen LogP contribution in [0.4, 0.5) is 5.69 Å². The molecule has 0 saturated carbocycles. The number of nitrogens with one attached hydrogen (secondary N) is 1. The van der Waals surface area contributed by atoms with Crippen molar-refractivity contribution in [2.24, 2.45) is 0 Å². The number of amides is 3. The van der Waals surface area contributed by atoms with Gasteiger partial charge in [-0.3, -0.25) is 14.4 Å². The van der Waals surface area contributed by atoms with E-state index in [9.17, 15) is 14.4 Å². The van der Waals surface area contributed by atoms with E-state index in [0.717, 1.165) is 23.2 Å². The lowest BCUT2D eigenvalue weighted by Crippen LogP contribution is -2.52. The number of nitrogens with zero attached hydrogens (tertiary/aromatic N) is 2. The summed E-state index contributed by atoms with van der Waals surface area (Å²) in [6, 6.07) is 6.96. The molecular formula is C21H25N3O3S. The predicted molar refractivity (Wildman–Crippen MR) is 110 cm³/mol. The fourth-order valence-corrected chi connectivity index (χ4v) is 4.03. The Bertz CT molecular complexity index is 877. The highest BCUT2D eigenvalue weighted by atomic mass is 32.1. The van der Waals surface area contributed by atoms with Crippen molar-refractivity contribution in [2.45, 2.75) is 38.8 Å². The van der Waals surface area contributed by atoms with E-state index in [1.807, 2.05) is 30.5 Å². The van der Waals surface area contributed by atoms with Crippen LogP contribution in [0.1, 0.15) is 41.3 Å². The molecule has 7 heteroatoms. The smallest absolute Gasteiger partial charge is 0.255 e. The lowest BCUT2D eigenvalue weighted by atomic mass is 9.92. The number of fused-ring (bicyclic) bond motifs is 1. The van der Waals surface area contributed by atoms with Gasteiger partial charge in [0.25, 0.3) is 5.91 Å². The number of rotatable bonds is 5. The van der Waals surface area contributed by atoms with Gasteiger partial charge in [0.15, 0.2) is 0 Å². The fourth-order valence-electron chi connectivity index (χ4n) is 3.40. The maximum Gasteiger partial charge on any atom is 0.255 e. The molecule has 0 saturated heterocycles. The lowest BCUT2D eigenvalue weighted by Gasteiger charge is -2.37. The maximum atomic E-state index is 13.0. The predicted octanol–water partition coefficient (Wildman–Crippen LogP) is 3.14. The van der Waals surface area contributed by atoms with Crippen molar-refractivity contribution < 1.29 is 14.4 Å². The molecule has 1 aromatic heterocycles. The Morgan fingerprint density at radius 1 is 1.21 bits per heavy atom. The minimum atomic E-state index is -0.532. The summed E-state index contributed by atoms with van der Waals surface area (Å²) in [5, 5.41) is 6.56. The first-order valence-electron chi connectivity index (χ1n) is 9.36. The first kappa shape index (κ1) is 20.1. The van der Waals surface area contributed by atoms with E-state index in [2.05, 4.69) is 5.32 Å². The van der Waals surface area contributed by atoms with E-state index in [1.54, 1.807) is 30.4 Å². The molecule has 0 radical (unpaired) electrons. The number of thiophene rings is 1. The number of hydrogen-bond acceptors (Lipinski definition) is 4.